The molecule has 1 aliphatic rings. The van der Waals surface area contributed by atoms with Crippen molar-refractivity contribution in [2.24, 2.45) is 0 Å². The van der Waals surface area contributed by atoms with Gasteiger partial charge in [-0.05, 0) is 39.4 Å². The van der Waals surface area contributed by atoms with E-state index in [4.69, 9.17) is 0 Å². The fourth-order valence-corrected chi connectivity index (χ4v) is 4.35. The van der Waals surface area contributed by atoms with E-state index in [0.717, 1.165) is 17.8 Å². The van der Waals surface area contributed by atoms with Crippen LogP contribution in [0.2, 0.25) is 0 Å². The second kappa shape index (κ2) is 4.31. The normalized spacial score (nSPS) is 24.8. The van der Waals surface area contributed by atoms with Crippen molar-refractivity contribution in [3.05, 3.63) is 29.6 Å². The van der Waals surface area contributed by atoms with Gasteiger partial charge in [-0.15, -0.1) is 0 Å². The quantitative estimate of drug-likeness (QED) is 0.831. The average Bonchev–Trinajstić information content (AvgIpc) is 2.29. The molecule has 0 bridgehead atoms. The number of hydrogen-bond acceptors (Lipinski definition) is 4. The predicted molar refractivity (Wildman–Crippen MR) is 72.1 cm³/mol. The van der Waals surface area contributed by atoms with Crippen LogP contribution in [0.4, 0.5) is 0 Å². The first kappa shape index (κ1) is 13.5. The Kier molecular flexibility index (Phi) is 3.23. The maximum atomic E-state index is 11.7. The van der Waals surface area contributed by atoms with Crippen LogP contribution in [0.1, 0.15) is 25.1 Å². The van der Waals surface area contributed by atoms with Gasteiger partial charge < -0.3 is 0 Å². The van der Waals surface area contributed by atoms with E-state index >= 15 is 0 Å². The highest BCUT2D eigenvalue weighted by molar-refractivity contribution is 7.94. The first-order valence-corrected chi connectivity index (χ1v) is 7.74. The molecule has 1 unspecified atom stereocenters. The van der Waals surface area contributed by atoms with Crippen LogP contribution < -0.4 is 0 Å². The molecule has 1 atom stereocenters. The lowest BCUT2D eigenvalue weighted by molar-refractivity contribution is 0.190. The molecule has 100 valence electrons. The van der Waals surface area contributed by atoms with Crippen molar-refractivity contribution in [3.8, 4) is 0 Å². The van der Waals surface area contributed by atoms with Gasteiger partial charge in [0.25, 0.3) is 0 Å². The van der Waals surface area contributed by atoms with E-state index in [1.165, 1.54) is 0 Å². The summed E-state index contributed by atoms with van der Waals surface area (Å²) in [6.45, 7) is 6.33. The van der Waals surface area contributed by atoms with Crippen LogP contribution >= 0.6 is 0 Å². The smallest absolute Gasteiger partial charge is 0.158 e. The van der Waals surface area contributed by atoms with Gasteiger partial charge in [0, 0.05) is 24.5 Å². The second-order valence-corrected chi connectivity index (χ2v) is 8.18. The van der Waals surface area contributed by atoms with Gasteiger partial charge in [-0.1, -0.05) is 6.07 Å². The first-order valence-electron chi connectivity index (χ1n) is 6.09. The molecular weight excluding hydrogens is 248 g/mol. The minimum atomic E-state index is -2.91. The topological polar surface area (TPSA) is 50.3 Å². The molecule has 0 saturated carbocycles. The number of pyridine rings is 1. The van der Waals surface area contributed by atoms with Crippen LogP contribution in [0.3, 0.4) is 0 Å². The largest absolute Gasteiger partial charge is 0.297 e. The minimum absolute atomic E-state index is 0.0853. The van der Waals surface area contributed by atoms with E-state index in [2.05, 4.69) is 9.88 Å². The van der Waals surface area contributed by atoms with Crippen molar-refractivity contribution in [2.45, 2.75) is 38.1 Å². The molecule has 2 rings (SSSR count). The Morgan fingerprint density at radius 3 is 2.67 bits per heavy atom. The van der Waals surface area contributed by atoms with Crippen molar-refractivity contribution >= 4 is 9.84 Å². The minimum Gasteiger partial charge on any atom is -0.297 e. The third-order valence-corrected chi connectivity index (χ3v) is 6.68. The van der Waals surface area contributed by atoms with Gasteiger partial charge in [0.15, 0.2) is 9.84 Å². The SMILES string of the molecule is Cc1ncccc1CN(C)C1CS(=O)(=O)C1(C)C. The van der Waals surface area contributed by atoms with Crippen molar-refractivity contribution in [1.29, 1.82) is 0 Å². The van der Waals surface area contributed by atoms with Crippen molar-refractivity contribution in [1.82, 2.24) is 9.88 Å². The molecule has 0 aliphatic carbocycles. The van der Waals surface area contributed by atoms with E-state index in [9.17, 15) is 8.42 Å². The molecule has 1 saturated heterocycles. The maximum absolute atomic E-state index is 11.7. The van der Waals surface area contributed by atoms with E-state index in [-0.39, 0.29) is 11.8 Å². The van der Waals surface area contributed by atoms with Gasteiger partial charge in [-0.3, -0.25) is 9.88 Å². The van der Waals surface area contributed by atoms with Crippen LogP contribution in [0.15, 0.2) is 18.3 Å². The fourth-order valence-electron chi connectivity index (χ4n) is 2.45. The molecule has 1 aromatic rings. The van der Waals surface area contributed by atoms with Crippen LogP contribution in [-0.2, 0) is 16.4 Å². The molecule has 0 aromatic carbocycles. The van der Waals surface area contributed by atoms with Gasteiger partial charge in [0.2, 0.25) is 0 Å². The summed E-state index contributed by atoms with van der Waals surface area (Å²) in [6.07, 6.45) is 1.77. The Hall–Kier alpha value is -0.940. The van der Waals surface area contributed by atoms with Crippen LogP contribution in [0.25, 0.3) is 0 Å². The lowest BCUT2D eigenvalue weighted by Gasteiger charge is -2.48. The van der Waals surface area contributed by atoms with Gasteiger partial charge >= 0.3 is 0 Å². The first-order chi connectivity index (χ1) is 8.25. The zero-order valence-corrected chi connectivity index (χ0v) is 12.2. The van der Waals surface area contributed by atoms with E-state index in [1.54, 1.807) is 6.20 Å². The molecular formula is C13H20N2O2S. The Labute approximate surface area is 109 Å². The standard InChI is InChI=1S/C13H20N2O2S/c1-10-11(6-5-7-14-10)8-15(4)12-9-18(16,17)13(12,2)3/h5-7,12H,8-9H2,1-4H3. The Morgan fingerprint density at radius 2 is 2.17 bits per heavy atom. The lowest BCUT2D eigenvalue weighted by atomic mass is 10.0. The van der Waals surface area contributed by atoms with Crippen molar-refractivity contribution in [2.75, 3.05) is 12.8 Å². The molecule has 18 heavy (non-hydrogen) atoms. The van der Waals surface area contributed by atoms with E-state index < -0.39 is 14.6 Å². The summed E-state index contributed by atoms with van der Waals surface area (Å²) in [5, 5.41) is 0. The Bertz CT molecular complexity index is 552. The predicted octanol–water partition coefficient (Wildman–Crippen LogP) is 1.40. The Morgan fingerprint density at radius 1 is 1.50 bits per heavy atom. The molecule has 5 heteroatoms. The molecule has 1 aromatic heterocycles. The molecule has 0 spiro atoms. The van der Waals surface area contributed by atoms with Gasteiger partial charge in [0.1, 0.15) is 0 Å². The van der Waals surface area contributed by atoms with Crippen molar-refractivity contribution < 1.29 is 8.42 Å². The highest BCUT2D eigenvalue weighted by Gasteiger charge is 2.54. The summed E-state index contributed by atoms with van der Waals surface area (Å²) in [7, 11) is -0.934. The molecule has 1 aliphatic heterocycles. The second-order valence-electron chi connectivity index (χ2n) is 5.56. The number of rotatable bonds is 3. The highest BCUT2D eigenvalue weighted by atomic mass is 32.2. The summed E-state index contributed by atoms with van der Waals surface area (Å²) < 4.78 is 22.8. The van der Waals surface area contributed by atoms with Crippen LogP contribution in [-0.4, -0.2) is 41.9 Å². The number of nitrogens with zero attached hydrogens (tertiary/aromatic N) is 2. The molecule has 0 amide bonds. The average molecular weight is 268 g/mol. The number of aromatic nitrogens is 1. The zero-order valence-electron chi connectivity index (χ0n) is 11.3. The molecule has 4 nitrogen and oxygen atoms in total. The monoisotopic (exact) mass is 268 g/mol. The van der Waals surface area contributed by atoms with Gasteiger partial charge in [0.05, 0.1) is 10.5 Å². The van der Waals surface area contributed by atoms with E-state index in [1.807, 2.05) is 40.0 Å². The van der Waals surface area contributed by atoms with Crippen molar-refractivity contribution in [3.63, 3.8) is 0 Å². The summed E-state index contributed by atoms with van der Waals surface area (Å²) in [6, 6.07) is 4.04. The molecule has 0 radical (unpaired) electrons. The zero-order chi connectivity index (χ0) is 13.6. The number of hydrogen-bond donors (Lipinski definition) is 0. The molecule has 1 fully saturated rings. The number of aryl methyl sites for hydroxylation is 1. The van der Waals surface area contributed by atoms with Gasteiger partial charge in [-0.2, -0.15) is 0 Å². The maximum Gasteiger partial charge on any atom is 0.158 e. The van der Waals surface area contributed by atoms with Gasteiger partial charge in [-0.25, -0.2) is 8.42 Å². The third-order valence-electron chi connectivity index (χ3n) is 4.05. The fraction of sp³-hybridized carbons (Fsp3) is 0.615. The summed E-state index contributed by atoms with van der Waals surface area (Å²) in [5.41, 5.74) is 2.16. The summed E-state index contributed by atoms with van der Waals surface area (Å²) in [5.74, 6) is 0.260. The summed E-state index contributed by atoms with van der Waals surface area (Å²) in [4.78, 5) is 6.37. The number of sulfone groups is 1. The summed E-state index contributed by atoms with van der Waals surface area (Å²) >= 11 is 0. The Balaban J connectivity index is 2.12. The van der Waals surface area contributed by atoms with Crippen LogP contribution in [0, 0.1) is 6.92 Å². The van der Waals surface area contributed by atoms with Crippen LogP contribution in [0.5, 0.6) is 0 Å². The molecule has 2 heterocycles. The van der Waals surface area contributed by atoms with E-state index in [0.29, 0.717) is 0 Å². The lowest BCUT2D eigenvalue weighted by Crippen LogP contribution is -2.65. The third kappa shape index (κ3) is 2.06. The highest BCUT2D eigenvalue weighted by Crippen LogP contribution is 2.37. The molecule has 0 N–H and O–H groups in total.